The number of hydrogen-bond acceptors (Lipinski definition) is 6. The molecule has 0 aliphatic rings. The van der Waals surface area contributed by atoms with Crippen molar-refractivity contribution < 1.29 is 24.2 Å². The van der Waals surface area contributed by atoms with Gasteiger partial charge in [-0.3, -0.25) is 4.79 Å². The first-order chi connectivity index (χ1) is 10.1. The maximum Gasteiger partial charge on any atom is 0.335 e. The fourth-order valence-electron chi connectivity index (χ4n) is 1.54. The van der Waals surface area contributed by atoms with Crippen molar-refractivity contribution in [2.24, 2.45) is 0 Å². The minimum atomic E-state index is -1.01. The van der Waals surface area contributed by atoms with Crippen LogP contribution in [0.1, 0.15) is 16.1 Å². The van der Waals surface area contributed by atoms with E-state index in [1.54, 1.807) is 0 Å². The third-order valence-corrected chi connectivity index (χ3v) is 2.58. The summed E-state index contributed by atoms with van der Waals surface area (Å²) in [6, 6.07) is 7.40. The largest absolute Gasteiger partial charge is 0.478 e. The highest BCUT2D eigenvalue weighted by atomic mass is 16.5. The average Bonchev–Trinajstić information content (AvgIpc) is 2.48. The molecule has 0 saturated carbocycles. The smallest absolute Gasteiger partial charge is 0.335 e. The van der Waals surface area contributed by atoms with Gasteiger partial charge in [0.2, 0.25) is 5.88 Å². The fraction of sp³-hybridized carbons (Fsp3) is 0.143. The van der Waals surface area contributed by atoms with Gasteiger partial charge in [0, 0.05) is 6.07 Å². The molecule has 2 rings (SSSR count). The second-order valence-electron chi connectivity index (χ2n) is 4.03. The Kier molecular flexibility index (Phi) is 4.45. The molecule has 21 heavy (non-hydrogen) atoms. The lowest BCUT2D eigenvalue weighted by Crippen LogP contribution is -2.06. The number of carbonyl (C=O) groups excluding carboxylic acids is 1. The number of carbonyl (C=O) groups is 2. The lowest BCUT2D eigenvalue weighted by molar-refractivity contribution is -0.139. The van der Waals surface area contributed by atoms with Crippen LogP contribution in [0, 0.1) is 0 Å². The highest BCUT2D eigenvalue weighted by Gasteiger charge is 2.08. The summed E-state index contributed by atoms with van der Waals surface area (Å²) in [7, 11) is 1.30. The lowest BCUT2D eigenvalue weighted by Gasteiger charge is -2.06. The van der Waals surface area contributed by atoms with Crippen molar-refractivity contribution in [2.45, 2.75) is 6.42 Å². The van der Waals surface area contributed by atoms with Crippen LogP contribution >= 0.6 is 0 Å². The topological polar surface area (TPSA) is 98.6 Å². The Morgan fingerprint density at radius 1 is 1.19 bits per heavy atom. The maximum atomic E-state index is 11.2. The zero-order valence-corrected chi connectivity index (χ0v) is 11.1. The van der Waals surface area contributed by atoms with E-state index in [9.17, 15) is 9.59 Å². The predicted molar refractivity (Wildman–Crippen MR) is 71.2 cm³/mol. The van der Waals surface area contributed by atoms with E-state index in [1.807, 2.05) is 0 Å². The Balaban J connectivity index is 2.10. The number of carboxylic acids is 1. The van der Waals surface area contributed by atoms with Crippen LogP contribution in [-0.2, 0) is 16.0 Å². The molecule has 0 fully saturated rings. The van der Waals surface area contributed by atoms with E-state index in [1.165, 1.54) is 43.8 Å². The number of carboxylic acid groups (broad SMARTS) is 1. The van der Waals surface area contributed by atoms with Gasteiger partial charge in [-0.05, 0) is 24.3 Å². The molecular formula is C14H12N2O5. The van der Waals surface area contributed by atoms with E-state index < -0.39 is 11.9 Å². The summed E-state index contributed by atoms with van der Waals surface area (Å²) in [6.45, 7) is 0. The third kappa shape index (κ3) is 4.00. The van der Waals surface area contributed by atoms with Gasteiger partial charge in [-0.15, -0.1) is 0 Å². The van der Waals surface area contributed by atoms with Crippen LogP contribution in [0.4, 0.5) is 0 Å². The first-order valence-electron chi connectivity index (χ1n) is 5.97. The van der Waals surface area contributed by atoms with Crippen molar-refractivity contribution in [1.29, 1.82) is 0 Å². The van der Waals surface area contributed by atoms with E-state index in [4.69, 9.17) is 9.84 Å². The van der Waals surface area contributed by atoms with E-state index >= 15 is 0 Å². The number of ether oxygens (including phenoxy) is 2. The Morgan fingerprint density at radius 3 is 2.52 bits per heavy atom. The average molecular weight is 288 g/mol. The molecule has 1 aromatic carbocycles. The van der Waals surface area contributed by atoms with Gasteiger partial charge < -0.3 is 14.6 Å². The van der Waals surface area contributed by atoms with Gasteiger partial charge in [-0.2, -0.15) is 0 Å². The molecule has 0 spiro atoms. The number of nitrogens with zero attached hydrogens (tertiary/aromatic N) is 2. The molecule has 2 aromatic rings. The number of methoxy groups -OCH3 is 1. The summed E-state index contributed by atoms with van der Waals surface area (Å²) in [5, 5.41) is 8.80. The van der Waals surface area contributed by atoms with Gasteiger partial charge in [0.05, 0.1) is 24.8 Å². The number of hydrogen-bond donors (Lipinski definition) is 1. The molecule has 1 aromatic heterocycles. The van der Waals surface area contributed by atoms with Crippen molar-refractivity contribution in [3.8, 4) is 11.6 Å². The SMILES string of the molecule is COC(=O)Cc1cc(Oc2ccc(C(=O)O)cc2)ncn1. The van der Waals surface area contributed by atoms with Crippen molar-refractivity contribution in [1.82, 2.24) is 9.97 Å². The number of benzene rings is 1. The standard InChI is InChI=1S/C14H12N2O5/c1-20-13(17)7-10-6-12(16-8-15-10)21-11-4-2-9(3-5-11)14(18)19/h2-6,8H,7H2,1H3,(H,18,19). The lowest BCUT2D eigenvalue weighted by atomic mass is 10.2. The van der Waals surface area contributed by atoms with Gasteiger partial charge in [-0.1, -0.05) is 0 Å². The molecule has 7 nitrogen and oxygen atoms in total. The number of rotatable bonds is 5. The number of aromatic nitrogens is 2. The molecule has 0 bridgehead atoms. The van der Waals surface area contributed by atoms with Crippen molar-refractivity contribution in [2.75, 3.05) is 7.11 Å². The Labute approximate surface area is 120 Å². The molecule has 108 valence electrons. The summed E-state index contributed by atoms with van der Waals surface area (Å²) in [5.74, 6) is -0.732. The molecule has 1 heterocycles. The molecule has 0 atom stereocenters. The van der Waals surface area contributed by atoms with Crippen LogP contribution in [0.15, 0.2) is 36.7 Å². The van der Waals surface area contributed by atoms with E-state index in [0.717, 1.165) is 0 Å². The second-order valence-corrected chi connectivity index (χ2v) is 4.03. The number of aromatic carboxylic acids is 1. The summed E-state index contributed by atoms with van der Waals surface area (Å²) in [5.41, 5.74) is 0.630. The zero-order valence-electron chi connectivity index (χ0n) is 11.1. The molecule has 0 saturated heterocycles. The normalized spacial score (nSPS) is 9.95. The zero-order chi connectivity index (χ0) is 15.2. The highest BCUT2D eigenvalue weighted by molar-refractivity contribution is 5.87. The van der Waals surface area contributed by atoms with Gasteiger partial charge in [0.25, 0.3) is 0 Å². The molecular weight excluding hydrogens is 276 g/mol. The summed E-state index contributed by atoms with van der Waals surface area (Å²) in [4.78, 5) is 29.8. The van der Waals surface area contributed by atoms with Crippen LogP contribution in [0.3, 0.4) is 0 Å². The predicted octanol–water partition coefficient (Wildman–Crippen LogP) is 1.68. The van der Waals surface area contributed by atoms with Crippen molar-refractivity contribution in [3.63, 3.8) is 0 Å². The summed E-state index contributed by atoms with van der Waals surface area (Å²) >= 11 is 0. The summed E-state index contributed by atoms with van der Waals surface area (Å²) in [6.07, 6.45) is 1.30. The quantitative estimate of drug-likeness (QED) is 0.835. The van der Waals surface area contributed by atoms with Crippen LogP contribution in [0.25, 0.3) is 0 Å². The number of esters is 1. The second kappa shape index (κ2) is 6.47. The van der Waals surface area contributed by atoms with Crippen molar-refractivity contribution >= 4 is 11.9 Å². The van der Waals surface area contributed by atoms with E-state index in [0.29, 0.717) is 11.4 Å². The monoisotopic (exact) mass is 288 g/mol. The van der Waals surface area contributed by atoms with Gasteiger partial charge in [-0.25, -0.2) is 14.8 Å². The van der Waals surface area contributed by atoms with Crippen LogP contribution in [0.5, 0.6) is 11.6 Å². The molecule has 7 heteroatoms. The molecule has 0 radical (unpaired) electrons. The van der Waals surface area contributed by atoms with Crippen LogP contribution < -0.4 is 4.74 Å². The highest BCUT2D eigenvalue weighted by Crippen LogP contribution is 2.20. The summed E-state index contributed by atoms with van der Waals surface area (Å²) < 4.78 is 10.0. The van der Waals surface area contributed by atoms with Gasteiger partial charge >= 0.3 is 11.9 Å². The maximum absolute atomic E-state index is 11.2. The molecule has 0 aliphatic carbocycles. The minimum Gasteiger partial charge on any atom is -0.478 e. The van der Waals surface area contributed by atoms with Gasteiger partial charge in [0.1, 0.15) is 12.1 Å². The van der Waals surface area contributed by atoms with E-state index in [2.05, 4.69) is 14.7 Å². The fourth-order valence-corrected chi connectivity index (χ4v) is 1.54. The first kappa shape index (κ1) is 14.4. The Bertz CT molecular complexity index is 655. The first-order valence-corrected chi connectivity index (χ1v) is 5.97. The van der Waals surface area contributed by atoms with Crippen molar-refractivity contribution in [3.05, 3.63) is 47.9 Å². The van der Waals surface area contributed by atoms with E-state index in [-0.39, 0.29) is 17.9 Å². The molecule has 0 amide bonds. The minimum absolute atomic E-state index is 0.0212. The van der Waals surface area contributed by atoms with Gasteiger partial charge in [0.15, 0.2) is 0 Å². The Hall–Kier alpha value is -2.96. The van der Waals surface area contributed by atoms with Crippen LogP contribution in [-0.4, -0.2) is 34.1 Å². The Morgan fingerprint density at radius 2 is 1.90 bits per heavy atom. The molecule has 1 N–H and O–H groups in total. The molecule has 0 aliphatic heterocycles. The van der Waals surface area contributed by atoms with Crippen LogP contribution in [0.2, 0.25) is 0 Å². The third-order valence-electron chi connectivity index (χ3n) is 2.58. The molecule has 0 unspecified atom stereocenters.